The zero-order valence-corrected chi connectivity index (χ0v) is 11.5. The first-order valence-electron chi connectivity index (χ1n) is 4.69. The van der Waals surface area contributed by atoms with E-state index in [-0.39, 0.29) is 12.5 Å². The summed E-state index contributed by atoms with van der Waals surface area (Å²) in [5.74, 6) is 0.386. The fraction of sp³-hybridized carbons (Fsp3) is 0.500. The van der Waals surface area contributed by atoms with Crippen LogP contribution in [0.3, 0.4) is 0 Å². The second kappa shape index (κ2) is 5.91. The van der Waals surface area contributed by atoms with Gasteiger partial charge in [-0.3, -0.25) is 4.79 Å². The Morgan fingerprint density at radius 1 is 1.69 bits per heavy atom. The summed E-state index contributed by atoms with van der Waals surface area (Å²) in [6, 6.07) is 3.35. The summed E-state index contributed by atoms with van der Waals surface area (Å²) in [5.41, 5.74) is -0.879. The molecule has 0 bridgehead atoms. The van der Waals surface area contributed by atoms with E-state index in [1.807, 2.05) is 6.26 Å². The fourth-order valence-corrected chi connectivity index (χ4v) is 2.84. The van der Waals surface area contributed by atoms with Gasteiger partial charge < -0.3 is 10.4 Å². The smallest absolute Gasteiger partial charge is 0.261 e. The third kappa shape index (κ3) is 4.33. The Kier molecular flexibility index (Phi) is 5.11. The molecule has 1 atom stereocenters. The van der Waals surface area contributed by atoms with E-state index < -0.39 is 5.60 Å². The fourth-order valence-electron chi connectivity index (χ4n) is 1.16. The minimum atomic E-state index is -0.879. The van der Waals surface area contributed by atoms with Gasteiger partial charge in [0.15, 0.2) is 0 Å². The Bertz CT molecular complexity index is 365. The van der Waals surface area contributed by atoms with Gasteiger partial charge in [0.1, 0.15) is 0 Å². The molecule has 3 nitrogen and oxygen atoms in total. The van der Waals surface area contributed by atoms with Crippen LogP contribution in [0.2, 0.25) is 4.34 Å². The number of thioether (sulfide) groups is 1. The van der Waals surface area contributed by atoms with Gasteiger partial charge in [-0.15, -0.1) is 11.3 Å². The van der Waals surface area contributed by atoms with Crippen LogP contribution in [-0.2, 0) is 0 Å². The lowest BCUT2D eigenvalue weighted by molar-refractivity contribution is 0.0727. The number of halogens is 1. The first kappa shape index (κ1) is 13.8. The van der Waals surface area contributed by atoms with Crippen molar-refractivity contribution in [2.24, 2.45) is 0 Å². The van der Waals surface area contributed by atoms with Gasteiger partial charge >= 0.3 is 0 Å². The highest BCUT2D eigenvalue weighted by Gasteiger charge is 2.21. The van der Waals surface area contributed by atoms with Gasteiger partial charge in [0, 0.05) is 12.3 Å². The average molecular weight is 280 g/mol. The number of hydrogen-bond acceptors (Lipinski definition) is 4. The van der Waals surface area contributed by atoms with E-state index in [1.165, 1.54) is 11.3 Å². The summed E-state index contributed by atoms with van der Waals surface area (Å²) < 4.78 is 0.584. The summed E-state index contributed by atoms with van der Waals surface area (Å²) in [7, 11) is 0. The molecular formula is C10H14ClNO2S2. The third-order valence-corrected chi connectivity index (χ3v) is 4.02. The zero-order chi connectivity index (χ0) is 12.2. The van der Waals surface area contributed by atoms with E-state index in [1.54, 1.807) is 30.8 Å². The molecule has 0 saturated heterocycles. The average Bonchev–Trinajstić information content (AvgIpc) is 2.61. The summed E-state index contributed by atoms with van der Waals surface area (Å²) >= 11 is 8.50. The topological polar surface area (TPSA) is 49.3 Å². The van der Waals surface area contributed by atoms with E-state index in [0.29, 0.717) is 15.0 Å². The number of hydrogen-bond donors (Lipinski definition) is 2. The highest BCUT2D eigenvalue weighted by atomic mass is 35.5. The molecular weight excluding hydrogens is 266 g/mol. The van der Waals surface area contributed by atoms with Gasteiger partial charge in [0.2, 0.25) is 0 Å². The molecule has 0 unspecified atom stereocenters. The molecule has 1 amide bonds. The molecule has 2 N–H and O–H groups in total. The number of thiophene rings is 1. The highest BCUT2D eigenvalue weighted by Crippen LogP contribution is 2.21. The van der Waals surface area contributed by atoms with Crippen molar-refractivity contribution in [3.05, 3.63) is 21.3 Å². The lowest BCUT2D eigenvalue weighted by atomic mass is 10.1. The van der Waals surface area contributed by atoms with Gasteiger partial charge in [0.05, 0.1) is 14.8 Å². The lowest BCUT2D eigenvalue weighted by Gasteiger charge is -2.22. The van der Waals surface area contributed by atoms with Crippen LogP contribution in [-0.4, -0.2) is 35.2 Å². The summed E-state index contributed by atoms with van der Waals surface area (Å²) in [6.45, 7) is 1.94. The first-order chi connectivity index (χ1) is 7.44. The van der Waals surface area contributed by atoms with Crippen LogP contribution in [0.5, 0.6) is 0 Å². The van der Waals surface area contributed by atoms with E-state index in [0.717, 1.165) is 0 Å². The Hall–Kier alpha value is -0.230. The predicted octanol–water partition coefficient (Wildman–Crippen LogP) is 2.25. The molecule has 0 spiro atoms. The molecule has 1 heterocycles. The number of nitrogens with one attached hydrogen (secondary N) is 1. The maximum atomic E-state index is 11.6. The van der Waals surface area contributed by atoms with Crippen LogP contribution in [0, 0.1) is 0 Å². The normalized spacial score (nSPS) is 14.5. The van der Waals surface area contributed by atoms with E-state index >= 15 is 0 Å². The second-order valence-corrected chi connectivity index (χ2v) is 6.30. The van der Waals surface area contributed by atoms with Crippen LogP contribution in [0.15, 0.2) is 12.1 Å². The maximum absolute atomic E-state index is 11.6. The molecule has 0 aliphatic heterocycles. The van der Waals surface area contributed by atoms with Crippen molar-refractivity contribution in [3.63, 3.8) is 0 Å². The molecule has 0 saturated carbocycles. The molecule has 1 aromatic heterocycles. The minimum absolute atomic E-state index is 0.196. The van der Waals surface area contributed by atoms with Crippen molar-refractivity contribution in [2.75, 3.05) is 18.6 Å². The first-order valence-corrected chi connectivity index (χ1v) is 7.28. The van der Waals surface area contributed by atoms with E-state index in [9.17, 15) is 9.90 Å². The molecule has 16 heavy (non-hydrogen) atoms. The van der Waals surface area contributed by atoms with Gasteiger partial charge in [-0.1, -0.05) is 11.6 Å². The van der Waals surface area contributed by atoms with E-state index in [4.69, 9.17) is 11.6 Å². The predicted molar refractivity (Wildman–Crippen MR) is 70.7 cm³/mol. The number of carbonyl (C=O) groups excluding carboxylic acids is 1. The third-order valence-electron chi connectivity index (χ3n) is 1.88. The molecule has 6 heteroatoms. The van der Waals surface area contributed by atoms with Gasteiger partial charge in [-0.2, -0.15) is 11.8 Å². The van der Waals surface area contributed by atoms with Crippen LogP contribution < -0.4 is 5.32 Å². The maximum Gasteiger partial charge on any atom is 0.261 e. The standard InChI is InChI=1S/C10H14ClNO2S2/c1-10(14,6-15-2)5-12-9(13)7-3-4-8(11)16-7/h3-4,14H,5-6H2,1-2H3,(H,12,13)/t10-/m1/s1. The van der Waals surface area contributed by atoms with Gasteiger partial charge in [0.25, 0.3) is 5.91 Å². The Balaban J connectivity index is 2.47. The summed E-state index contributed by atoms with van der Waals surface area (Å²) in [5, 5.41) is 12.5. The SMILES string of the molecule is CSC[C@](C)(O)CNC(=O)c1ccc(Cl)s1. The molecule has 0 radical (unpaired) electrons. The zero-order valence-electron chi connectivity index (χ0n) is 9.12. The summed E-state index contributed by atoms with van der Waals surface area (Å²) in [4.78, 5) is 12.2. The van der Waals surface area contributed by atoms with Gasteiger partial charge in [-0.05, 0) is 25.3 Å². The van der Waals surface area contributed by atoms with Crippen LogP contribution in [0.4, 0.5) is 0 Å². The summed E-state index contributed by atoms with van der Waals surface area (Å²) in [6.07, 6.45) is 1.91. The van der Waals surface area contributed by atoms with Gasteiger partial charge in [-0.25, -0.2) is 0 Å². The van der Waals surface area contributed by atoms with Crippen molar-refractivity contribution in [1.82, 2.24) is 5.32 Å². The molecule has 0 aliphatic rings. The van der Waals surface area contributed by atoms with Crippen molar-refractivity contribution < 1.29 is 9.90 Å². The lowest BCUT2D eigenvalue weighted by Crippen LogP contribution is -2.42. The van der Waals surface area contributed by atoms with E-state index in [2.05, 4.69) is 5.32 Å². The number of aliphatic hydroxyl groups is 1. The number of amides is 1. The second-order valence-electron chi connectivity index (χ2n) is 3.72. The van der Waals surface area contributed by atoms with Crippen LogP contribution >= 0.6 is 34.7 Å². The quantitative estimate of drug-likeness (QED) is 0.869. The molecule has 1 aromatic rings. The molecule has 0 fully saturated rings. The highest BCUT2D eigenvalue weighted by molar-refractivity contribution is 7.98. The Morgan fingerprint density at radius 2 is 2.38 bits per heavy atom. The molecule has 0 aromatic carbocycles. The minimum Gasteiger partial charge on any atom is -0.387 e. The molecule has 0 aliphatic carbocycles. The Morgan fingerprint density at radius 3 is 2.88 bits per heavy atom. The van der Waals surface area contributed by atoms with Crippen LogP contribution in [0.25, 0.3) is 0 Å². The largest absolute Gasteiger partial charge is 0.387 e. The van der Waals surface area contributed by atoms with Crippen molar-refractivity contribution in [1.29, 1.82) is 0 Å². The van der Waals surface area contributed by atoms with Crippen molar-refractivity contribution >= 4 is 40.6 Å². The molecule has 1 rings (SSSR count). The van der Waals surface area contributed by atoms with Crippen molar-refractivity contribution in [2.45, 2.75) is 12.5 Å². The monoisotopic (exact) mass is 279 g/mol. The Labute approximate surface area is 108 Å². The molecule has 90 valence electrons. The van der Waals surface area contributed by atoms with Crippen molar-refractivity contribution in [3.8, 4) is 0 Å². The number of carbonyl (C=O) groups is 1. The number of rotatable bonds is 5. The van der Waals surface area contributed by atoms with Crippen LogP contribution in [0.1, 0.15) is 16.6 Å².